The number of unbranched alkanes of at least 4 members (excludes halogenated alkanes) is 1. The summed E-state index contributed by atoms with van der Waals surface area (Å²) < 4.78 is 54.1. The number of sulfonamides is 1. The highest BCUT2D eigenvalue weighted by molar-refractivity contribution is 7.89. The van der Waals surface area contributed by atoms with Crippen LogP contribution < -0.4 is 14.5 Å². The van der Waals surface area contributed by atoms with E-state index in [2.05, 4.69) is 11.8 Å². The van der Waals surface area contributed by atoms with Gasteiger partial charge in [-0.05, 0) is 37.7 Å². The van der Waals surface area contributed by atoms with Crippen LogP contribution in [0.5, 0.6) is 5.75 Å². The third kappa shape index (κ3) is 4.24. The maximum Gasteiger partial charge on any atom is 0.368 e. The third-order valence-corrected chi connectivity index (χ3v) is 10.1. The van der Waals surface area contributed by atoms with Gasteiger partial charge in [-0.15, -0.1) is 0 Å². The number of carbonyl (C=O) groups is 1. The lowest BCUT2D eigenvalue weighted by Crippen LogP contribution is -2.69. The Balaban J connectivity index is 1.65. The SMILES string of the molecule is CCCC[C@@H]1CN(C23CC(C2)C3)c2cc(N3CCOCC3)c(O/C=C(\F)C(=O)O)cc2S(=O)(=O)N1C. The first-order valence-corrected chi connectivity index (χ1v) is 14.1. The maximum atomic E-state index is 13.9. The van der Waals surface area contributed by atoms with Gasteiger partial charge < -0.3 is 24.4 Å². The summed E-state index contributed by atoms with van der Waals surface area (Å²) in [7, 11) is -2.25. The third-order valence-electron chi connectivity index (χ3n) is 8.21. The normalized spacial score (nSPS) is 29.6. The molecular formula is C25H34FN3O6S. The molecule has 4 fully saturated rings. The molecule has 5 aliphatic rings. The standard InChI is InChI=1S/C25H34FN3O6S/c1-3-4-5-18-15-29(25-12-17(13-25)14-25)21-10-20(28-6-8-34-9-7-28)22(35-16-19(26)24(30)31)11-23(21)36(32,33)27(18)2/h10-11,16-18H,3-9,12-15H2,1-2H3,(H,30,31)/b19-16-/t17?,18-,25?/m1/s1. The van der Waals surface area contributed by atoms with Crippen LogP contribution in [0.2, 0.25) is 0 Å². The Morgan fingerprint density at radius 3 is 2.53 bits per heavy atom. The molecule has 198 valence electrons. The second kappa shape index (κ2) is 9.50. The highest BCUT2D eigenvalue weighted by Crippen LogP contribution is 2.62. The summed E-state index contributed by atoms with van der Waals surface area (Å²) in [4.78, 5) is 15.4. The van der Waals surface area contributed by atoms with Gasteiger partial charge in [0.05, 0.1) is 24.6 Å². The Kier molecular flexibility index (Phi) is 6.67. The number of morpholine rings is 1. The maximum absolute atomic E-state index is 13.9. The molecule has 36 heavy (non-hydrogen) atoms. The van der Waals surface area contributed by atoms with Crippen molar-refractivity contribution in [1.29, 1.82) is 0 Å². The molecule has 1 aromatic carbocycles. The van der Waals surface area contributed by atoms with Crippen LogP contribution in [-0.4, -0.2) is 75.3 Å². The van der Waals surface area contributed by atoms with Crippen LogP contribution in [-0.2, 0) is 19.6 Å². The lowest BCUT2D eigenvalue weighted by molar-refractivity contribution is -0.134. The average molecular weight is 524 g/mol. The molecule has 0 spiro atoms. The first kappa shape index (κ1) is 25.3. The smallest absolute Gasteiger partial charge is 0.368 e. The van der Waals surface area contributed by atoms with Crippen molar-refractivity contribution in [1.82, 2.24) is 4.31 Å². The molecule has 3 aliphatic carbocycles. The summed E-state index contributed by atoms with van der Waals surface area (Å²) in [6.45, 7) is 4.81. The number of fused-ring (bicyclic) bond motifs is 1. The largest absolute Gasteiger partial charge is 0.476 e. The second-order valence-corrected chi connectivity index (χ2v) is 12.4. The van der Waals surface area contributed by atoms with E-state index in [1.807, 2.05) is 11.0 Å². The van der Waals surface area contributed by atoms with Gasteiger partial charge >= 0.3 is 5.97 Å². The predicted octanol–water partition coefficient (Wildman–Crippen LogP) is 3.35. The van der Waals surface area contributed by atoms with Gasteiger partial charge in [0, 0.05) is 44.3 Å². The summed E-state index contributed by atoms with van der Waals surface area (Å²) in [6.07, 6.45) is 6.38. The molecule has 11 heteroatoms. The fraction of sp³-hybridized carbons (Fsp3) is 0.640. The van der Waals surface area contributed by atoms with Gasteiger partial charge in [0.25, 0.3) is 0 Å². The van der Waals surface area contributed by atoms with Crippen molar-refractivity contribution >= 4 is 27.4 Å². The van der Waals surface area contributed by atoms with E-state index in [1.165, 1.54) is 10.4 Å². The van der Waals surface area contributed by atoms with Crippen molar-refractivity contribution < 1.29 is 32.2 Å². The highest BCUT2D eigenvalue weighted by atomic mass is 32.2. The molecule has 1 aromatic rings. The molecule has 3 saturated carbocycles. The fourth-order valence-electron chi connectivity index (χ4n) is 5.97. The Bertz CT molecular complexity index is 1150. The monoisotopic (exact) mass is 523 g/mol. The summed E-state index contributed by atoms with van der Waals surface area (Å²) in [5.41, 5.74) is 1.23. The Labute approximate surface area is 211 Å². The van der Waals surface area contributed by atoms with E-state index in [4.69, 9.17) is 14.6 Å². The van der Waals surface area contributed by atoms with Gasteiger partial charge in [0.1, 0.15) is 11.2 Å². The molecule has 2 aliphatic heterocycles. The number of carboxylic acids is 1. The van der Waals surface area contributed by atoms with Crippen LogP contribution in [0.3, 0.4) is 0 Å². The number of nitrogens with zero attached hydrogens (tertiary/aromatic N) is 3. The number of benzene rings is 1. The number of aliphatic carboxylic acids is 1. The van der Waals surface area contributed by atoms with Crippen LogP contribution in [0, 0.1) is 5.92 Å². The van der Waals surface area contributed by atoms with E-state index < -0.39 is 21.8 Å². The van der Waals surface area contributed by atoms with Gasteiger partial charge in [-0.3, -0.25) is 0 Å². The highest BCUT2D eigenvalue weighted by Gasteiger charge is 2.61. The van der Waals surface area contributed by atoms with Crippen molar-refractivity contribution in [2.75, 3.05) is 49.7 Å². The van der Waals surface area contributed by atoms with Crippen LogP contribution in [0.4, 0.5) is 15.8 Å². The molecule has 0 radical (unpaired) electrons. The molecule has 0 aromatic heterocycles. The molecule has 1 N–H and O–H groups in total. The minimum Gasteiger partial charge on any atom is -0.476 e. The van der Waals surface area contributed by atoms with E-state index in [9.17, 15) is 17.6 Å². The average Bonchev–Trinajstić information content (AvgIpc) is 2.88. The van der Waals surface area contributed by atoms with Crippen LogP contribution in [0.25, 0.3) is 0 Å². The molecule has 1 atom stereocenters. The van der Waals surface area contributed by atoms with E-state index in [1.54, 1.807) is 7.05 Å². The molecule has 0 unspecified atom stereocenters. The van der Waals surface area contributed by atoms with Crippen molar-refractivity contribution in [3.05, 3.63) is 24.2 Å². The van der Waals surface area contributed by atoms with Gasteiger partial charge in [0.2, 0.25) is 15.9 Å². The van der Waals surface area contributed by atoms with E-state index >= 15 is 0 Å². The minimum absolute atomic E-state index is 0.0233. The zero-order valence-electron chi connectivity index (χ0n) is 20.8. The number of anilines is 2. The lowest BCUT2D eigenvalue weighted by atomic mass is 9.49. The van der Waals surface area contributed by atoms with Crippen LogP contribution in [0.1, 0.15) is 45.4 Å². The first-order valence-electron chi connectivity index (χ1n) is 12.7. The number of hydrogen-bond donors (Lipinski definition) is 1. The molecule has 2 heterocycles. The zero-order valence-corrected chi connectivity index (χ0v) is 21.6. The summed E-state index contributed by atoms with van der Waals surface area (Å²) in [6, 6.07) is 3.12. The van der Waals surface area contributed by atoms with Crippen molar-refractivity contribution in [3.63, 3.8) is 0 Å². The first-order chi connectivity index (χ1) is 17.2. The van der Waals surface area contributed by atoms with Gasteiger partial charge in [0.15, 0.2) is 5.75 Å². The van der Waals surface area contributed by atoms with Gasteiger partial charge in [-0.1, -0.05) is 19.8 Å². The quantitative estimate of drug-likeness (QED) is 0.409. The molecule has 9 nitrogen and oxygen atoms in total. The van der Waals surface area contributed by atoms with E-state index in [-0.39, 0.29) is 22.2 Å². The Hall–Kier alpha value is -2.37. The number of likely N-dealkylation sites (N-methyl/N-ethyl adjacent to an activating group) is 1. The van der Waals surface area contributed by atoms with Crippen molar-refractivity contribution in [3.8, 4) is 5.75 Å². The molecule has 1 saturated heterocycles. The number of carboxylic acid groups (broad SMARTS) is 1. The molecule has 6 rings (SSSR count). The summed E-state index contributed by atoms with van der Waals surface area (Å²) in [5, 5.41) is 8.93. The summed E-state index contributed by atoms with van der Waals surface area (Å²) >= 11 is 0. The van der Waals surface area contributed by atoms with Crippen LogP contribution >= 0.6 is 0 Å². The summed E-state index contributed by atoms with van der Waals surface area (Å²) in [5.74, 6) is -2.40. The Morgan fingerprint density at radius 2 is 1.94 bits per heavy atom. The van der Waals surface area contributed by atoms with Crippen molar-refractivity contribution in [2.45, 2.75) is 61.9 Å². The number of ether oxygens (including phenoxy) is 2. The number of hydrogen-bond acceptors (Lipinski definition) is 7. The van der Waals surface area contributed by atoms with Crippen LogP contribution in [0.15, 0.2) is 29.1 Å². The predicted molar refractivity (Wildman–Crippen MR) is 133 cm³/mol. The lowest BCUT2D eigenvalue weighted by Gasteiger charge is -2.67. The van der Waals surface area contributed by atoms with Crippen molar-refractivity contribution in [2.24, 2.45) is 5.92 Å². The second-order valence-electron chi connectivity index (χ2n) is 10.4. The minimum atomic E-state index is -3.88. The topological polar surface area (TPSA) is 99.6 Å². The molecule has 2 bridgehead atoms. The van der Waals surface area contributed by atoms with Gasteiger partial charge in [-0.2, -0.15) is 8.70 Å². The number of rotatable bonds is 8. The zero-order chi connectivity index (χ0) is 25.7. The molecular weight excluding hydrogens is 489 g/mol. The van der Waals surface area contributed by atoms with Gasteiger partial charge in [-0.25, -0.2) is 13.2 Å². The van der Waals surface area contributed by atoms with E-state index in [0.717, 1.165) is 38.5 Å². The fourth-order valence-corrected chi connectivity index (χ4v) is 7.53. The Morgan fingerprint density at radius 1 is 1.25 bits per heavy atom. The molecule has 0 amide bonds. The number of halogens is 1. The van der Waals surface area contributed by atoms with E-state index in [0.29, 0.717) is 56.4 Å².